The Morgan fingerprint density at radius 3 is 2.33 bits per heavy atom. The Kier molecular flexibility index (Phi) is 7.30. The van der Waals surface area contributed by atoms with Crippen molar-refractivity contribution >= 4 is 29.0 Å². The van der Waals surface area contributed by atoms with Crippen LogP contribution in [0.2, 0.25) is 0 Å². The zero-order chi connectivity index (χ0) is 21.5. The topological polar surface area (TPSA) is 68.8 Å². The van der Waals surface area contributed by atoms with Crippen LogP contribution in [0.5, 0.6) is 11.5 Å². The average Bonchev–Trinajstić information content (AvgIpc) is 2.75. The van der Waals surface area contributed by atoms with Crippen molar-refractivity contribution in [2.45, 2.75) is 26.8 Å². The van der Waals surface area contributed by atoms with Crippen molar-refractivity contribution in [3.05, 3.63) is 65.2 Å². The summed E-state index contributed by atoms with van der Waals surface area (Å²) in [4.78, 5) is 13.0. The minimum Gasteiger partial charge on any atom is -0.490 e. The second-order valence-electron chi connectivity index (χ2n) is 6.48. The number of hydrogen-bond acceptors (Lipinski definition) is 5. The van der Waals surface area contributed by atoms with Crippen molar-refractivity contribution in [2.75, 3.05) is 19.8 Å². The van der Waals surface area contributed by atoms with Crippen LogP contribution in [0.15, 0.2) is 54.1 Å². The van der Waals surface area contributed by atoms with Crippen molar-refractivity contribution in [3.8, 4) is 11.5 Å². The van der Waals surface area contributed by atoms with Gasteiger partial charge >= 0.3 is 5.97 Å². The first kappa shape index (κ1) is 21.6. The molecule has 0 saturated heterocycles. The average molecular weight is 427 g/mol. The monoisotopic (exact) mass is 426 g/mol. The van der Waals surface area contributed by atoms with E-state index in [1.54, 1.807) is 6.92 Å². The number of esters is 1. The summed E-state index contributed by atoms with van der Waals surface area (Å²) in [5, 5.41) is 6.77. The van der Waals surface area contributed by atoms with Crippen molar-refractivity contribution in [3.63, 3.8) is 0 Å². The molecule has 0 amide bonds. The summed E-state index contributed by atoms with van der Waals surface area (Å²) in [6.07, 6.45) is 0. The van der Waals surface area contributed by atoms with Crippen LogP contribution in [0, 0.1) is 0 Å². The molecule has 1 atom stereocenters. The van der Waals surface area contributed by atoms with E-state index in [4.69, 9.17) is 26.4 Å². The fourth-order valence-corrected chi connectivity index (χ4v) is 3.54. The van der Waals surface area contributed by atoms with Crippen molar-refractivity contribution in [2.24, 2.45) is 0 Å². The highest BCUT2D eigenvalue weighted by atomic mass is 32.1. The number of hydrogen-bond donors (Lipinski definition) is 2. The summed E-state index contributed by atoms with van der Waals surface area (Å²) in [6.45, 7) is 6.92. The molecule has 2 aromatic rings. The van der Waals surface area contributed by atoms with Gasteiger partial charge in [-0.05, 0) is 56.2 Å². The van der Waals surface area contributed by atoms with E-state index in [2.05, 4.69) is 10.6 Å². The Bertz CT molecular complexity index is 943. The normalized spacial score (nSPS) is 15.8. The first-order valence-corrected chi connectivity index (χ1v) is 10.4. The lowest BCUT2D eigenvalue weighted by Gasteiger charge is -2.31. The molecule has 2 aromatic carbocycles. The van der Waals surface area contributed by atoms with Gasteiger partial charge in [-0.15, -0.1) is 0 Å². The van der Waals surface area contributed by atoms with Crippen LogP contribution in [0.4, 0.5) is 0 Å². The molecular weight excluding hydrogens is 400 g/mol. The van der Waals surface area contributed by atoms with E-state index < -0.39 is 12.0 Å². The Balaban J connectivity index is 2.14. The molecule has 3 rings (SSSR count). The molecule has 0 fully saturated rings. The number of ether oxygens (including phenoxy) is 3. The molecule has 0 unspecified atom stereocenters. The molecule has 1 heterocycles. The van der Waals surface area contributed by atoms with Gasteiger partial charge in [0, 0.05) is 0 Å². The van der Waals surface area contributed by atoms with E-state index in [1.165, 1.54) is 0 Å². The highest BCUT2D eigenvalue weighted by Crippen LogP contribution is 2.36. The van der Waals surface area contributed by atoms with Crippen LogP contribution < -0.4 is 20.1 Å². The Morgan fingerprint density at radius 1 is 0.967 bits per heavy atom. The summed E-state index contributed by atoms with van der Waals surface area (Å²) < 4.78 is 16.8. The van der Waals surface area contributed by atoms with E-state index in [9.17, 15) is 4.79 Å². The van der Waals surface area contributed by atoms with Crippen LogP contribution in [0.3, 0.4) is 0 Å². The second kappa shape index (κ2) is 10.1. The maximum Gasteiger partial charge on any atom is 0.338 e. The fourth-order valence-electron chi connectivity index (χ4n) is 3.32. The zero-order valence-electron chi connectivity index (χ0n) is 17.4. The largest absolute Gasteiger partial charge is 0.490 e. The van der Waals surface area contributed by atoms with E-state index in [-0.39, 0.29) is 6.61 Å². The van der Waals surface area contributed by atoms with Gasteiger partial charge in [-0.1, -0.05) is 36.4 Å². The fraction of sp³-hybridized carbons (Fsp3) is 0.304. The number of carbonyl (C=O) groups excluding carboxylic acids is 1. The van der Waals surface area contributed by atoms with Gasteiger partial charge in [0.25, 0.3) is 0 Å². The Hall–Kier alpha value is -3.06. The van der Waals surface area contributed by atoms with E-state index in [1.807, 2.05) is 62.4 Å². The highest BCUT2D eigenvalue weighted by Gasteiger charge is 2.33. The molecule has 158 valence electrons. The minimum absolute atomic E-state index is 0.273. The van der Waals surface area contributed by atoms with Crippen molar-refractivity contribution < 1.29 is 19.0 Å². The lowest BCUT2D eigenvalue weighted by molar-refractivity contribution is -0.138. The minimum atomic E-state index is -0.497. The molecule has 7 heteroatoms. The molecule has 1 aliphatic rings. The second-order valence-corrected chi connectivity index (χ2v) is 6.89. The maximum absolute atomic E-state index is 13.0. The van der Waals surface area contributed by atoms with Crippen LogP contribution in [0.25, 0.3) is 5.70 Å². The van der Waals surface area contributed by atoms with Gasteiger partial charge in [-0.2, -0.15) is 0 Å². The first-order valence-electron chi connectivity index (χ1n) is 10.0. The molecule has 0 radical (unpaired) electrons. The maximum atomic E-state index is 13.0. The Labute approximate surface area is 182 Å². The van der Waals surface area contributed by atoms with Crippen molar-refractivity contribution in [1.29, 1.82) is 0 Å². The SMILES string of the molecule is CCOC(=O)C1=C(c2ccccc2)NC(=S)N[C@H]1c1ccc(OCC)c(OCC)c1. The predicted octanol–water partition coefficient (Wildman–Crippen LogP) is 3.98. The van der Waals surface area contributed by atoms with E-state index in [0.29, 0.717) is 41.1 Å². The van der Waals surface area contributed by atoms with Crippen LogP contribution in [-0.4, -0.2) is 30.9 Å². The van der Waals surface area contributed by atoms with Gasteiger partial charge in [-0.25, -0.2) is 4.79 Å². The smallest absolute Gasteiger partial charge is 0.338 e. The van der Waals surface area contributed by atoms with Gasteiger partial charge in [0.2, 0.25) is 0 Å². The highest BCUT2D eigenvalue weighted by molar-refractivity contribution is 7.80. The molecular formula is C23H26N2O4S. The molecule has 1 aliphatic heterocycles. The lowest BCUT2D eigenvalue weighted by Crippen LogP contribution is -2.45. The van der Waals surface area contributed by atoms with Gasteiger partial charge in [-0.3, -0.25) is 0 Å². The molecule has 0 saturated carbocycles. The Morgan fingerprint density at radius 2 is 1.67 bits per heavy atom. The summed E-state index contributed by atoms with van der Waals surface area (Å²) in [5.74, 6) is 0.868. The van der Waals surface area contributed by atoms with E-state index >= 15 is 0 Å². The van der Waals surface area contributed by atoms with Gasteiger partial charge in [0.1, 0.15) is 0 Å². The first-order chi connectivity index (χ1) is 14.6. The standard InChI is InChI=1S/C23H26N2O4S/c1-4-27-17-13-12-16(14-18(17)28-5-2)21-19(22(26)29-6-3)20(24-23(30)25-21)15-10-8-7-9-11-15/h7-14,21H,4-6H2,1-3H3,(H2,24,25,30)/t21-/m0/s1. The van der Waals surface area contributed by atoms with Gasteiger partial charge in [0.05, 0.1) is 37.1 Å². The number of thiocarbonyl (C=S) groups is 1. The summed E-state index contributed by atoms with van der Waals surface area (Å²) in [6, 6.07) is 14.7. The molecule has 0 aliphatic carbocycles. The number of rotatable bonds is 8. The van der Waals surface area contributed by atoms with Crippen molar-refractivity contribution in [1.82, 2.24) is 10.6 Å². The quantitative estimate of drug-likeness (QED) is 0.489. The summed E-state index contributed by atoms with van der Waals surface area (Å²) in [5.41, 5.74) is 2.77. The molecule has 2 N–H and O–H groups in total. The van der Waals surface area contributed by atoms with Gasteiger partial charge in [0.15, 0.2) is 16.6 Å². The summed E-state index contributed by atoms with van der Waals surface area (Å²) >= 11 is 5.45. The number of nitrogens with one attached hydrogen (secondary N) is 2. The third-order valence-corrected chi connectivity index (χ3v) is 4.75. The molecule has 0 aromatic heterocycles. The number of carbonyl (C=O) groups is 1. The third kappa shape index (κ3) is 4.74. The van der Waals surface area contributed by atoms with Crippen LogP contribution >= 0.6 is 12.2 Å². The zero-order valence-corrected chi connectivity index (χ0v) is 18.2. The third-order valence-electron chi connectivity index (χ3n) is 4.53. The molecule has 0 spiro atoms. The van der Waals surface area contributed by atoms with Crippen LogP contribution in [-0.2, 0) is 9.53 Å². The molecule has 30 heavy (non-hydrogen) atoms. The van der Waals surface area contributed by atoms with E-state index in [0.717, 1.165) is 11.1 Å². The van der Waals surface area contributed by atoms with Crippen LogP contribution in [0.1, 0.15) is 37.9 Å². The number of benzene rings is 2. The lowest BCUT2D eigenvalue weighted by atomic mass is 9.92. The molecule has 6 nitrogen and oxygen atoms in total. The predicted molar refractivity (Wildman–Crippen MR) is 120 cm³/mol. The summed E-state index contributed by atoms with van der Waals surface area (Å²) in [7, 11) is 0. The molecule has 0 bridgehead atoms. The van der Waals surface area contributed by atoms with Gasteiger partial charge < -0.3 is 24.8 Å².